The third kappa shape index (κ3) is 4.07. The zero-order valence-electron chi connectivity index (χ0n) is 18.9. The molecule has 0 radical (unpaired) electrons. The Morgan fingerprint density at radius 3 is 2.33 bits per heavy atom. The number of benzene rings is 2. The number of hydrogen-bond donors (Lipinski definition) is 1. The number of hydrogen-bond acceptors (Lipinski definition) is 5. The highest BCUT2D eigenvalue weighted by Crippen LogP contribution is 2.37. The van der Waals surface area contributed by atoms with Gasteiger partial charge in [0.05, 0.1) is 11.3 Å². The van der Waals surface area contributed by atoms with E-state index in [1.807, 2.05) is 61.7 Å². The molecule has 3 aromatic rings. The average molecular weight is 458 g/mol. The third-order valence-corrected chi connectivity index (χ3v) is 7.20. The summed E-state index contributed by atoms with van der Waals surface area (Å²) >= 11 is 1.46. The van der Waals surface area contributed by atoms with Crippen LogP contribution in [0.25, 0.3) is 5.57 Å². The van der Waals surface area contributed by atoms with Gasteiger partial charge in [-0.3, -0.25) is 9.59 Å². The maximum atomic E-state index is 13.6. The van der Waals surface area contributed by atoms with Crippen LogP contribution < -0.4 is 15.1 Å². The largest absolute Gasteiger partial charge is 0.372 e. The lowest BCUT2D eigenvalue weighted by molar-refractivity contribution is -0.120. The summed E-state index contributed by atoms with van der Waals surface area (Å²) in [6.45, 7) is 6.05. The molecule has 6 heteroatoms. The summed E-state index contributed by atoms with van der Waals surface area (Å²) in [6, 6.07) is 17.8. The molecular weight excluding hydrogens is 430 g/mol. The van der Waals surface area contributed by atoms with Crippen molar-refractivity contribution in [3.05, 3.63) is 81.7 Å². The molecular formula is C27H27N3O2S. The number of imide groups is 1. The first-order chi connectivity index (χ1) is 16.0. The van der Waals surface area contributed by atoms with Crippen LogP contribution in [-0.4, -0.2) is 24.9 Å². The van der Waals surface area contributed by atoms with Crippen molar-refractivity contribution in [2.45, 2.75) is 33.1 Å². The van der Waals surface area contributed by atoms with E-state index >= 15 is 0 Å². The lowest BCUT2D eigenvalue weighted by Gasteiger charge is -2.28. The number of thiophene rings is 1. The molecule has 1 fully saturated rings. The van der Waals surface area contributed by atoms with E-state index in [2.05, 4.69) is 22.3 Å². The molecule has 2 aliphatic heterocycles. The number of nitrogens with zero attached hydrogens (tertiary/aromatic N) is 2. The lowest BCUT2D eigenvalue weighted by Crippen LogP contribution is -2.33. The maximum Gasteiger partial charge on any atom is 0.282 e. The first kappa shape index (κ1) is 21.5. The normalized spacial score (nSPS) is 16.7. The van der Waals surface area contributed by atoms with Crippen molar-refractivity contribution in [3.8, 4) is 0 Å². The van der Waals surface area contributed by atoms with E-state index in [4.69, 9.17) is 0 Å². The van der Waals surface area contributed by atoms with E-state index < -0.39 is 0 Å². The summed E-state index contributed by atoms with van der Waals surface area (Å²) in [4.78, 5) is 31.6. The highest BCUT2D eigenvalue weighted by Gasteiger charge is 2.41. The Bertz CT molecular complexity index is 1220. The van der Waals surface area contributed by atoms with Crippen LogP contribution in [0, 0.1) is 13.8 Å². The first-order valence-corrected chi connectivity index (χ1v) is 12.3. The monoisotopic (exact) mass is 457 g/mol. The average Bonchev–Trinajstić information content (AvgIpc) is 3.43. The molecule has 5 rings (SSSR count). The molecule has 5 nitrogen and oxygen atoms in total. The Labute approximate surface area is 198 Å². The molecule has 3 heterocycles. The van der Waals surface area contributed by atoms with Crippen molar-refractivity contribution < 1.29 is 9.59 Å². The Hall–Kier alpha value is -3.38. The highest BCUT2D eigenvalue weighted by molar-refractivity contribution is 7.11. The molecule has 2 amide bonds. The summed E-state index contributed by atoms with van der Waals surface area (Å²) in [5.41, 5.74) is 5.27. The zero-order chi connectivity index (χ0) is 22.9. The number of anilines is 3. The van der Waals surface area contributed by atoms with Gasteiger partial charge in [-0.25, -0.2) is 4.90 Å². The van der Waals surface area contributed by atoms with Crippen LogP contribution in [0.3, 0.4) is 0 Å². The van der Waals surface area contributed by atoms with Gasteiger partial charge >= 0.3 is 0 Å². The van der Waals surface area contributed by atoms with Gasteiger partial charge in [0.25, 0.3) is 11.8 Å². The van der Waals surface area contributed by atoms with Gasteiger partial charge < -0.3 is 10.2 Å². The van der Waals surface area contributed by atoms with Crippen molar-refractivity contribution in [1.82, 2.24) is 0 Å². The van der Waals surface area contributed by atoms with E-state index in [1.54, 1.807) is 0 Å². The van der Waals surface area contributed by atoms with Crippen LogP contribution >= 0.6 is 11.3 Å². The van der Waals surface area contributed by atoms with Crippen LogP contribution in [0.4, 0.5) is 17.1 Å². The van der Waals surface area contributed by atoms with Crippen molar-refractivity contribution in [1.29, 1.82) is 0 Å². The number of carbonyl (C=O) groups excluding carboxylic acids is 2. The van der Waals surface area contributed by atoms with Gasteiger partial charge in [0.2, 0.25) is 0 Å². The minimum absolute atomic E-state index is 0.288. The molecule has 2 aromatic carbocycles. The Morgan fingerprint density at radius 1 is 0.879 bits per heavy atom. The first-order valence-electron chi connectivity index (χ1n) is 11.4. The predicted molar refractivity (Wildman–Crippen MR) is 136 cm³/mol. The second-order valence-electron chi connectivity index (χ2n) is 8.68. The number of carbonyl (C=O) groups is 2. The van der Waals surface area contributed by atoms with Gasteiger partial charge in [-0.05, 0) is 86.0 Å². The number of rotatable bonds is 5. The fourth-order valence-electron chi connectivity index (χ4n) is 4.53. The van der Waals surface area contributed by atoms with Crippen LogP contribution in [0.2, 0.25) is 0 Å². The van der Waals surface area contributed by atoms with Crippen molar-refractivity contribution in [2.24, 2.45) is 0 Å². The Morgan fingerprint density at radius 2 is 1.64 bits per heavy atom. The molecule has 0 spiro atoms. The number of nitrogens with one attached hydrogen (secondary N) is 1. The van der Waals surface area contributed by atoms with Crippen LogP contribution in [0.15, 0.2) is 65.7 Å². The van der Waals surface area contributed by atoms with Crippen LogP contribution in [0.5, 0.6) is 0 Å². The predicted octanol–water partition coefficient (Wildman–Crippen LogP) is 5.75. The quantitative estimate of drug-likeness (QED) is 0.496. The van der Waals surface area contributed by atoms with Gasteiger partial charge in [0.15, 0.2) is 0 Å². The minimum atomic E-state index is -0.322. The summed E-state index contributed by atoms with van der Waals surface area (Å²) < 4.78 is 0. The van der Waals surface area contributed by atoms with Gasteiger partial charge in [0, 0.05) is 29.3 Å². The summed E-state index contributed by atoms with van der Waals surface area (Å²) in [7, 11) is 0. The molecule has 2 aliphatic rings. The number of amides is 2. The highest BCUT2D eigenvalue weighted by atomic mass is 32.1. The van der Waals surface area contributed by atoms with E-state index in [-0.39, 0.29) is 11.8 Å². The number of piperidine rings is 1. The molecule has 0 aliphatic carbocycles. The minimum Gasteiger partial charge on any atom is -0.372 e. The summed E-state index contributed by atoms with van der Waals surface area (Å²) in [6.07, 6.45) is 3.74. The smallest absolute Gasteiger partial charge is 0.282 e. The molecule has 0 unspecified atom stereocenters. The van der Waals surface area contributed by atoms with Crippen LogP contribution in [-0.2, 0) is 9.59 Å². The van der Waals surface area contributed by atoms with E-state index in [9.17, 15) is 9.59 Å². The molecule has 1 N–H and O–H groups in total. The molecule has 168 valence electrons. The topological polar surface area (TPSA) is 52.7 Å². The van der Waals surface area contributed by atoms with E-state index in [0.717, 1.165) is 34.8 Å². The second-order valence-corrected chi connectivity index (χ2v) is 9.63. The van der Waals surface area contributed by atoms with Gasteiger partial charge in [-0.15, -0.1) is 11.3 Å². The number of aryl methyl sites for hydroxylation is 2. The van der Waals surface area contributed by atoms with Crippen LogP contribution in [0.1, 0.15) is 35.3 Å². The second kappa shape index (κ2) is 8.87. The standard InChI is InChI=1S/C27H27N3O2S/c1-18-8-9-19(2)22(17-18)30-26(31)24(23-7-6-16-33-23)25(27(30)32)28-20-10-12-21(13-11-20)29-14-4-3-5-15-29/h6-13,16-17,28H,3-5,14-15H2,1-2H3. The SMILES string of the molecule is Cc1ccc(C)c(N2C(=O)C(Nc3ccc(N4CCCCC4)cc3)=C(c3cccs3)C2=O)c1. The van der Waals surface area contributed by atoms with Gasteiger partial charge in [-0.2, -0.15) is 0 Å². The molecule has 1 saturated heterocycles. The van der Waals surface area contributed by atoms with Gasteiger partial charge in [0.1, 0.15) is 5.70 Å². The lowest BCUT2D eigenvalue weighted by atomic mass is 10.1. The molecule has 0 bridgehead atoms. The third-order valence-electron chi connectivity index (χ3n) is 6.31. The van der Waals surface area contributed by atoms with Gasteiger partial charge in [-0.1, -0.05) is 18.2 Å². The molecule has 0 saturated carbocycles. The fraction of sp³-hybridized carbons (Fsp3) is 0.259. The maximum absolute atomic E-state index is 13.6. The summed E-state index contributed by atoms with van der Waals surface area (Å²) in [5.74, 6) is -0.610. The zero-order valence-corrected chi connectivity index (χ0v) is 19.7. The van der Waals surface area contributed by atoms with E-state index in [0.29, 0.717) is 17.0 Å². The molecule has 0 atom stereocenters. The van der Waals surface area contributed by atoms with Crippen molar-refractivity contribution in [3.63, 3.8) is 0 Å². The van der Waals surface area contributed by atoms with E-state index in [1.165, 1.54) is 41.2 Å². The van der Waals surface area contributed by atoms with Crippen molar-refractivity contribution in [2.75, 3.05) is 28.2 Å². The molecule has 1 aromatic heterocycles. The van der Waals surface area contributed by atoms with Crippen molar-refractivity contribution >= 4 is 45.8 Å². The summed E-state index contributed by atoms with van der Waals surface area (Å²) in [5, 5.41) is 5.20. The Kier molecular flexibility index (Phi) is 5.77. The Balaban J connectivity index is 1.49. The molecule has 33 heavy (non-hydrogen) atoms. The fourth-order valence-corrected chi connectivity index (χ4v) is 5.29.